The van der Waals surface area contributed by atoms with Crippen LogP contribution in [-0.2, 0) is 4.79 Å². The molecule has 0 aromatic carbocycles. The van der Waals surface area contributed by atoms with Gasteiger partial charge in [0, 0.05) is 31.7 Å². The Balaban J connectivity index is 2.19. The van der Waals surface area contributed by atoms with Crippen molar-refractivity contribution in [3.05, 3.63) is 24.5 Å². The van der Waals surface area contributed by atoms with Gasteiger partial charge in [-0.15, -0.1) is 0 Å². The molecular weight excluding hydrogens is 226 g/mol. The van der Waals surface area contributed by atoms with Crippen LogP contribution >= 0.6 is 0 Å². The summed E-state index contributed by atoms with van der Waals surface area (Å²) in [4.78, 5) is 18.4. The van der Waals surface area contributed by atoms with Crippen LogP contribution in [0.4, 0.5) is 5.69 Å². The standard InChI is InChI=1S/C14H21N3O/c1-17(12-5-9-16-10-6-12)13(18)14(11-15)7-3-2-4-8-14/h5-6,9-10H,2-4,7-8,11,15H2,1H3. The zero-order chi connectivity index (χ0) is 13.0. The van der Waals surface area contributed by atoms with E-state index < -0.39 is 0 Å². The molecule has 0 atom stereocenters. The van der Waals surface area contributed by atoms with Gasteiger partial charge in [-0.1, -0.05) is 19.3 Å². The average Bonchev–Trinajstić information content (AvgIpc) is 2.47. The topological polar surface area (TPSA) is 59.2 Å². The molecule has 1 saturated carbocycles. The SMILES string of the molecule is CN(C(=O)C1(CN)CCCCC1)c1ccncc1. The number of aromatic nitrogens is 1. The second-order valence-corrected chi connectivity index (χ2v) is 5.11. The van der Waals surface area contributed by atoms with E-state index in [9.17, 15) is 4.79 Å². The first-order chi connectivity index (χ1) is 8.69. The fourth-order valence-electron chi connectivity index (χ4n) is 2.77. The van der Waals surface area contributed by atoms with Gasteiger partial charge in [-0.3, -0.25) is 9.78 Å². The zero-order valence-electron chi connectivity index (χ0n) is 10.9. The van der Waals surface area contributed by atoms with Crippen LogP contribution in [-0.4, -0.2) is 24.5 Å². The monoisotopic (exact) mass is 247 g/mol. The molecule has 1 aromatic heterocycles. The number of rotatable bonds is 3. The number of hydrogen-bond acceptors (Lipinski definition) is 3. The van der Waals surface area contributed by atoms with E-state index in [-0.39, 0.29) is 11.3 Å². The predicted molar refractivity (Wildman–Crippen MR) is 72.2 cm³/mol. The quantitative estimate of drug-likeness (QED) is 0.888. The van der Waals surface area contributed by atoms with Crippen LogP contribution in [0.1, 0.15) is 32.1 Å². The summed E-state index contributed by atoms with van der Waals surface area (Å²) in [5.41, 5.74) is 6.43. The van der Waals surface area contributed by atoms with Gasteiger partial charge in [0.1, 0.15) is 0 Å². The first kappa shape index (κ1) is 13.0. The maximum atomic E-state index is 12.7. The van der Waals surface area contributed by atoms with Gasteiger partial charge >= 0.3 is 0 Å². The Morgan fingerprint density at radius 1 is 1.33 bits per heavy atom. The third-order valence-electron chi connectivity index (χ3n) is 4.01. The summed E-state index contributed by atoms with van der Waals surface area (Å²) in [6, 6.07) is 3.70. The third-order valence-corrected chi connectivity index (χ3v) is 4.01. The van der Waals surface area contributed by atoms with Crippen molar-refractivity contribution >= 4 is 11.6 Å². The Hall–Kier alpha value is -1.42. The van der Waals surface area contributed by atoms with Crippen LogP contribution in [0.15, 0.2) is 24.5 Å². The molecule has 0 aliphatic heterocycles. The normalized spacial score (nSPS) is 18.3. The minimum atomic E-state index is -0.351. The molecule has 18 heavy (non-hydrogen) atoms. The highest BCUT2D eigenvalue weighted by molar-refractivity contribution is 5.97. The molecule has 0 spiro atoms. The summed E-state index contributed by atoms with van der Waals surface area (Å²) in [5, 5.41) is 0. The van der Waals surface area contributed by atoms with Crippen molar-refractivity contribution < 1.29 is 4.79 Å². The summed E-state index contributed by atoms with van der Waals surface area (Å²) in [6.07, 6.45) is 8.66. The highest BCUT2D eigenvalue weighted by Crippen LogP contribution is 2.37. The van der Waals surface area contributed by atoms with Crippen molar-refractivity contribution in [3.63, 3.8) is 0 Å². The van der Waals surface area contributed by atoms with E-state index in [0.717, 1.165) is 31.4 Å². The maximum absolute atomic E-state index is 12.7. The van der Waals surface area contributed by atoms with E-state index in [2.05, 4.69) is 4.98 Å². The van der Waals surface area contributed by atoms with Crippen molar-refractivity contribution in [1.29, 1.82) is 0 Å². The number of nitrogens with two attached hydrogens (primary N) is 1. The fourth-order valence-corrected chi connectivity index (χ4v) is 2.77. The highest BCUT2D eigenvalue weighted by Gasteiger charge is 2.40. The van der Waals surface area contributed by atoms with Crippen LogP contribution in [0.2, 0.25) is 0 Å². The van der Waals surface area contributed by atoms with Gasteiger partial charge in [0.15, 0.2) is 0 Å². The molecule has 1 amide bonds. The zero-order valence-corrected chi connectivity index (χ0v) is 10.9. The Labute approximate surface area is 108 Å². The van der Waals surface area contributed by atoms with Gasteiger partial charge < -0.3 is 10.6 Å². The predicted octanol–water partition coefficient (Wildman–Crippen LogP) is 1.95. The molecule has 1 aliphatic rings. The third kappa shape index (κ3) is 2.38. The number of carbonyl (C=O) groups excluding carboxylic acids is 1. The van der Waals surface area contributed by atoms with Gasteiger partial charge in [0.25, 0.3) is 0 Å². The fraction of sp³-hybridized carbons (Fsp3) is 0.571. The van der Waals surface area contributed by atoms with Crippen LogP contribution in [0, 0.1) is 5.41 Å². The highest BCUT2D eigenvalue weighted by atomic mass is 16.2. The molecule has 0 saturated heterocycles. The Bertz CT molecular complexity index is 399. The number of nitrogens with zero attached hydrogens (tertiary/aromatic N) is 2. The number of anilines is 1. The van der Waals surface area contributed by atoms with Crippen molar-refractivity contribution in [1.82, 2.24) is 4.98 Å². The lowest BCUT2D eigenvalue weighted by Crippen LogP contribution is -2.48. The lowest BCUT2D eigenvalue weighted by Gasteiger charge is -2.37. The second kappa shape index (κ2) is 5.48. The van der Waals surface area contributed by atoms with Gasteiger partial charge in [-0.25, -0.2) is 0 Å². The molecule has 1 aliphatic carbocycles. The van der Waals surface area contributed by atoms with E-state index in [1.54, 1.807) is 17.3 Å². The smallest absolute Gasteiger partial charge is 0.234 e. The summed E-state index contributed by atoms with van der Waals surface area (Å²) in [6.45, 7) is 0.446. The van der Waals surface area contributed by atoms with Crippen LogP contribution < -0.4 is 10.6 Å². The molecule has 2 N–H and O–H groups in total. The van der Waals surface area contributed by atoms with Gasteiger partial charge in [0.2, 0.25) is 5.91 Å². The Morgan fingerprint density at radius 2 is 1.94 bits per heavy atom. The number of hydrogen-bond donors (Lipinski definition) is 1. The lowest BCUT2D eigenvalue weighted by molar-refractivity contribution is -0.129. The maximum Gasteiger partial charge on any atom is 0.234 e. The Kier molecular flexibility index (Phi) is 3.97. The second-order valence-electron chi connectivity index (χ2n) is 5.11. The first-order valence-corrected chi connectivity index (χ1v) is 6.58. The summed E-state index contributed by atoms with van der Waals surface area (Å²) < 4.78 is 0. The van der Waals surface area contributed by atoms with E-state index in [1.165, 1.54) is 6.42 Å². The molecule has 0 radical (unpaired) electrons. The Morgan fingerprint density at radius 3 is 2.50 bits per heavy atom. The van der Waals surface area contributed by atoms with Gasteiger partial charge in [-0.05, 0) is 25.0 Å². The minimum Gasteiger partial charge on any atom is -0.329 e. The first-order valence-electron chi connectivity index (χ1n) is 6.58. The molecular formula is C14H21N3O. The molecule has 4 heteroatoms. The van der Waals surface area contributed by atoms with Crippen molar-refractivity contribution in [3.8, 4) is 0 Å². The molecule has 0 unspecified atom stereocenters. The molecule has 1 fully saturated rings. The summed E-state index contributed by atoms with van der Waals surface area (Å²) >= 11 is 0. The molecule has 98 valence electrons. The largest absolute Gasteiger partial charge is 0.329 e. The van der Waals surface area contributed by atoms with E-state index >= 15 is 0 Å². The van der Waals surface area contributed by atoms with Crippen LogP contribution in [0.3, 0.4) is 0 Å². The number of amides is 1. The lowest BCUT2D eigenvalue weighted by atomic mass is 9.73. The number of pyridine rings is 1. The van der Waals surface area contributed by atoms with Gasteiger partial charge in [-0.2, -0.15) is 0 Å². The summed E-state index contributed by atoms with van der Waals surface area (Å²) in [5.74, 6) is 0.149. The molecule has 1 heterocycles. The number of carbonyl (C=O) groups is 1. The van der Waals surface area contributed by atoms with Crippen LogP contribution in [0.25, 0.3) is 0 Å². The van der Waals surface area contributed by atoms with Crippen LogP contribution in [0.5, 0.6) is 0 Å². The van der Waals surface area contributed by atoms with Crippen molar-refractivity contribution in [2.24, 2.45) is 11.1 Å². The van der Waals surface area contributed by atoms with Gasteiger partial charge in [0.05, 0.1) is 5.41 Å². The molecule has 1 aromatic rings. The van der Waals surface area contributed by atoms with Crippen molar-refractivity contribution in [2.75, 3.05) is 18.5 Å². The average molecular weight is 247 g/mol. The van der Waals surface area contributed by atoms with E-state index in [0.29, 0.717) is 6.54 Å². The van der Waals surface area contributed by atoms with E-state index in [1.807, 2.05) is 19.2 Å². The minimum absolute atomic E-state index is 0.149. The summed E-state index contributed by atoms with van der Waals surface area (Å²) in [7, 11) is 1.82. The molecule has 4 nitrogen and oxygen atoms in total. The molecule has 0 bridgehead atoms. The van der Waals surface area contributed by atoms with Crippen molar-refractivity contribution in [2.45, 2.75) is 32.1 Å². The molecule has 2 rings (SSSR count). The van der Waals surface area contributed by atoms with E-state index in [4.69, 9.17) is 5.73 Å².